The molecule has 3 rings (SSSR count). The van der Waals surface area contributed by atoms with Gasteiger partial charge in [0.15, 0.2) is 0 Å². The summed E-state index contributed by atoms with van der Waals surface area (Å²) in [5.74, 6) is -0.312. The highest BCUT2D eigenvalue weighted by molar-refractivity contribution is 8.18. The maximum absolute atomic E-state index is 12.5. The van der Waals surface area contributed by atoms with Crippen molar-refractivity contribution in [3.63, 3.8) is 0 Å². The van der Waals surface area contributed by atoms with E-state index in [-0.39, 0.29) is 11.1 Å². The molecule has 1 aliphatic heterocycles. The van der Waals surface area contributed by atoms with E-state index in [1.165, 1.54) is 4.90 Å². The topological polar surface area (TPSA) is 37.4 Å². The summed E-state index contributed by atoms with van der Waals surface area (Å²) in [4.78, 5) is 26.3. The molecule has 1 fully saturated rings. The highest BCUT2D eigenvalue weighted by Crippen LogP contribution is 2.35. The predicted octanol–water partition coefficient (Wildman–Crippen LogP) is 5.53. The number of amides is 2. The third-order valence-corrected chi connectivity index (χ3v) is 4.55. The minimum Gasteiger partial charge on any atom is -0.268 e. The zero-order chi connectivity index (χ0) is 17.1. The summed E-state index contributed by atoms with van der Waals surface area (Å²) < 4.78 is 0. The lowest BCUT2D eigenvalue weighted by Gasteiger charge is -2.12. The Balaban J connectivity index is 1.85. The Morgan fingerprint density at radius 3 is 2.38 bits per heavy atom. The Labute approximate surface area is 149 Å². The number of thioether (sulfide) groups is 1. The van der Waals surface area contributed by atoms with Crippen LogP contribution < -0.4 is 4.90 Å². The molecule has 2 amide bonds. The van der Waals surface area contributed by atoms with Gasteiger partial charge in [-0.15, -0.1) is 0 Å². The smallest absolute Gasteiger partial charge is 0.268 e. The van der Waals surface area contributed by atoms with Gasteiger partial charge in [0.05, 0.1) is 10.6 Å². The van der Waals surface area contributed by atoms with Gasteiger partial charge in [-0.2, -0.15) is 0 Å². The van der Waals surface area contributed by atoms with Crippen molar-refractivity contribution in [2.45, 2.75) is 6.92 Å². The molecule has 5 heteroatoms. The van der Waals surface area contributed by atoms with E-state index in [4.69, 9.17) is 11.6 Å². The molecule has 120 valence electrons. The molecular formula is C19H14ClNO2S. The predicted molar refractivity (Wildman–Crippen MR) is 100 cm³/mol. The molecular weight excluding hydrogens is 342 g/mol. The molecule has 2 aromatic carbocycles. The van der Waals surface area contributed by atoms with Gasteiger partial charge in [0.25, 0.3) is 11.1 Å². The first-order valence-electron chi connectivity index (χ1n) is 7.31. The Morgan fingerprint density at radius 1 is 1.04 bits per heavy atom. The van der Waals surface area contributed by atoms with Crippen LogP contribution in [0.1, 0.15) is 12.5 Å². The Bertz CT molecular complexity index is 841. The number of halogens is 1. The second kappa shape index (κ2) is 7.07. The maximum atomic E-state index is 12.5. The van der Waals surface area contributed by atoms with Crippen molar-refractivity contribution < 1.29 is 9.59 Å². The molecule has 1 saturated heterocycles. The van der Waals surface area contributed by atoms with Crippen LogP contribution in [0.4, 0.5) is 10.5 Å². The number of rotatable bonds is 3. The van der Waals surface area contributed by atoms with Gasteiger partial charge in [0.2, 0.25) is 0 Å². The number of carbonyl (C=O) groups is 2. The van der Waals surface area contributed by atoms with Crippen molar-refractivity contribution in [1.29, 1.82) is 0 Å². The van der Waals surface area contributed by atoms with Crippen LogP contribution in [0.5, 0.6) is 0 Å². The van der Waals surface area contributed by atoms with Gasteiger partial charge in [-0.05, 0) is 60.2 Å². The number of benzene rings is 2. The number of hydrogen-bond donors (Lipinski definition) is 0. The SMILES string of the molecule is CC(=C/c1ccccc1)/C=C1\SC(=O)N(c2ccc(Cl)cc2)C1=O. The van der Waals surface area contributed by atoms with Crippen molar-refractivity contribution in [1.82, 2.24) is 0 Å². The van der Waals surface area contributed by atoms with Gasteiger partial charge in [-0.3, -0.25) is 9.59 Å². The number of hydrogen-bond acceptors (Lipinski definition) is 3. The van der Waals surface area contributed by atoms with Crippen LogP contribution in [0.25, 0.3) is 6.08 Å². The standard InChI is InChI=1S/C19H14ClNO2S/c1-13(11-14-5-3-2-4-6-14)12-17-18(22)21(19(23)24-17)16-9-7-15(20)8-10-16/h2-12H,1H3/b13-11-,17-12-. The molecule has 1 heterocycles. The lowest BCUT2D eigenvalue weighted by atomic mass is 10.1. The largest absolute Gasteiger partial charge is 0.298 e. The number of nitrogens with zero attached hydrogens (tertiary/aromatic N) is 1. The van der Waals surface area contributed by atoms with E-state index in [1.54, 1.807) is 30.3 Å². The number of allylic oxidation sites excluding steroid dienone is 2. The van der Waals surface area contributed by atoms with E-state index in [2.05, 4.69) is 0 Å². The van der Waals surface area contributed by atoms with Crippen molar-refractivity contribution in [3.8, 4) is 0 Å². The molecule has 0 aliphatic carbocycles. The quantitative estimate of drug-likeness (QED) is 0.679. The normalized spacial score (nSPS) is 17.0. The molecule has 2 aromatic rings. The second-order valence-corrected chi connectivity index (χ2v) is 6.72. The molecule has 0 bridgehead atoms. The van der Waals surface area contributed by atoms with E-state index < -0.39 is 0 Å². The lowest BCUT2D eigenvalue weighted by Crippen LogP contribution is -2.27. The molecule has 0 N–H and O–H groups in total. The van der Waals surface area contributed by atoms with Gasteiger partial charge >= 0.3 is 0 Å². The Kier molecular flexibility index (Phi) is 4.88. The van der Waals surface area contributed by atoms with Gasteiger partial charge in [-0.25, -0.2) is 4.90 Å². The van der Waals surface area contributed by atoms with Crippen LogP contribution in [0.2, 0.25) is 5.02 Å². The summed E-state index contributed by atoms with van der Waals surface area (Å²) in [6, 6.07) is 16.5. The molecule has 0 radical (unpaired) electrons. The van der Waals surface area contributed by atoms with E-state index in [0.717, 1.165) is 22.9 Å². The number of anilines is 1. The average molecular weight is 356 g/mol. The first-order chi connectivity index (χ1) is 11.5. The minimum atomic E-state index is -0.312. The van der Waals surface area contributed by atoms with Crippen molar-refractivity contribution in [2.75, 3.05) is 4.90 Å². The van der Waals surface area contributed by atoms with Crippen LogP contribution in [0.3, 0.4) is 0 Å². The number of carbonyl (C=O) groups excluding carboxylic acids is 2. The van der Waals surface area contributed by atoms with E-state index >= 15 is 0 Å². The second-order valence-electron chi connectivity index (χ2n) is 5.29. The molecule has 24 heavy (non-hydrogen) atoms. The van der Waals surface area contributed by atoms with Crippen molar-refractivity contribution >= 4 is 46.3 Å². The minimum absolute atomic E-state index is 0.305. The molecule has 0 aromatic heterocycles. The van der Waals surface area contributed by atoms with Crippen LogP contribution >= 0.6 is 23.4 Å². The van der Waals surface area contributed by atoms with Crippen molar-refractivity contribution in [2.24, 2.45) is 0 Å². The molecule has 0 spiro atoms. The highest BCUT2D eigenvalue weighted by Gasteiger charge is 2.36. The van der Waals surface area contributed by atoms with E-state index in [9.17, 15) is 9.59 Å². The summed E-state index contributed by atoms with van der Waals surface area (Å²) in [6.45, 7) is 1.91. The fraction of sp³-hybridized carbons (Fsp3) is 0.0526. The first-order valence-corrected chi connectivity index (χ1v) is 8.51. The van der Waals surface area contributed by atoms with Crippen molar-refractivity contribution in [3.05, 3.63) is 81.7 Å². The molecule has 3 nitrogen and oxygen atoms in total. The summed E-state index contributed by atoms with van der Waals surface area (Å²) in [7, 11) is 0. The zero-order valence-electron chi connectivity index (χ0n) is 12.9. The molecule has 0 unspecified atom stereocenters. The third kappa shape index (κ3) is 3.61. The number of imide groups is 1. The van der Waals surface area contributed by atoms with E-state index in [0.29, 0.717) is 15.6 Å². The summed E-state index contributed by atoms with van der Waals surface area (Å²) in [5, 5.41) is 0.254. The Morgan fingerprint density at radius 2 is 1.71 bits per heavy atom. The van der Waals surface area contributed by atoms with Gasteiger partial charge in [0.1, 0.15) is 0 Å². The average Bonchev–Trinajstić information content (AvgIpc) is 2.83. The van der Waals surface area contributed by atoms with Crippen LogP contribution in [-0.2, 0) is 4.79 Å². The summed E-state index contributed by atoms with van der Waals surface area (Å²) in [5.41, 5.74) is 2.47. The van der Waals surface area contributed by atoms with Gasteiger partial charge < -0.3 is 0 Å². The molecule has 0 atom stereocenters. The van der Waals surface area contributed by atoms with Crippen LogP contribution in [0.15, 0.2) is 71.2 Å². The fourth-order valence-electron chi connectivity index (χ4n) is 2.34. The third-order valence-electron chi connectivity index (χ3n) is 3.43. The summed E-state index contributed by atoms with van der Waals surface area (Å²) >= 11 is 6.80. The molecule has 0 saturated carbocycles. The van der Waals surface area contributed by atoms with Gasteiger partial charge in [-0.1, -0.05) is 48.0 Å². The van der Waals surface area contributed by atoms with E-state index in [1.807, 2.05) is 43.3 Å². The van der Waals surface area contributed by atoms with Crippen LogP contribution in [-0.4, -0.2) is 11.1 Å². The first kappa shape index (κ1) is 16.6. The van der Waals surface area contributed by atoms with Gasteiger partial charge in [0, 0.05) is 5.02 Å². The highest BCUT2D eigenvalue weighted by atomic mass is 35.5. The zero-order valence-corrected chi connectivity index (χ0v) is 14.5. The lowest BCUT2D eigenvalue weighted by molar-refractivity contribution is -0.113. The fourth-order valence-corrected chi connectivity index (χ4v) is 3.36. The van der Waals surface area contributed by atoms with Crippen LogP contribution in [0, 0.1) is 0 Å². The molecule has 1 aliphatic rings. The monoisotopic (exact) mass is 355 g/mol. The summed E-state index contributed by atoms with van der Waals surface area (Å²) in [6.07, 6.45) is 3.71. The maximum Gasteiger partial charge on any atom is 0.298 e. The Hall–Kier alpha value is -2.30.